The summed E-state index contributed by atoms with van der Waals surface area (Å²) in [7, 11) is 0. The number of anilines is 2. The zero-order valence-electron chi connectivity index (χ0n) is 14.1. The predicted octanol–water partition coefficient (Wildman–Crippen LogP) is 1.96. The van der Waals surface area contributed by atoms with Gasteiger partial charge in [-0.25, -0.2) is 19.9 Å². The van der Waals surface area contributed by atoms with E-state index in [1.54, 1.807) is 6.20 Å². The molecule has 0 N–H and O–H groups in total. The molecule has 126 valence electrons. The predicted molar refractivity (Wildman–Crippen MR) is 96.5 cm³/mol. The molecule has 0 aromatic carbocycles. The van der Waals surface area contributed by atoms with Crippen molar-refractivity contribution >= 4 is 11.8 Å². The van der Waals surface area contributed by atoms with Gasteiger partial charge < -0.3 is 9.80 Å². The van der Waals surface area contributed by atoms with E-state index in [1.165, 1.54) is 0 Å². The van der Waals surface area contributed by atoms with Crippen LogP contribution in [-0.2, 0) is 0 Å². The highest BCUT2D eigenvalue weighted by atomic mass is 15.3. The van der Waals surface area contributed by atoms with Crippen molar-refractivity contribution < 1.29 is 0 Å². The highest BCUT2D eigenvalue weighted by Gasteiger charge is 2.20. The van der Waals surface area contributed by atoms with E-state index in [0.717, 1.165) is 55.0 Å². The fraction of sp³-hybridized carbons (Fsp3) is 0.278. The summed E-state index contributed by atoms with van der Waals surface area (Å²) >= 11 is 0. The molecule has 4 rings (SSSR count). The van der Waals surface area contributed by atoms with Crippen LogP contribution in [0.2, 0.25) is 0 Å². The van der Waals surface area contributed by atoms with E-state index in [9.17, 15) is 0 Å². The Bertz CT molecular complexity index is 845. The van der Waals surface area contributed by atoms with Crippen molar-refractivity contribution in [2.75, 3.05) is 36.0 Å². The molecule has 0 spiro atoms. The largest absolute Gasteiger partial charge is 0.353 e. The molecule has 25 heavy (non-hydrogen) atoms. The molecule has 3 aromatic rings. The number of rotatable bonds is 3. The third-order valence-electron chi connectivity index (χ3n) is 4.25. The second kappa shape index (κ2) is 6.80. The minimum absolute atomic E-state index is 0.764. The third-order valence-corrected chi connectivity index (χ3v) is 4.25. The summed E-state index contributed by atoms with van der Waals surface area (Å²) in [4.78, 5) is 26.5. The molecule has 0 aliphatic carbocycles. The third kappa shape index (κ3) is 3.40. The lowest BCUT2D eigenvalue weighted by molar-refractivity contribution is 0.633. The quantitative estimate of drug-likeness (QED) is 0.725. The summed E-state index contributed by atoms with van der Waals surface area (Å²) in [5.41, 5.74) is 1.90. The van der Waals surface area contributed by atoms with Crippen LogP contribution >= 0.6 is 0 Å². The van der Waals surface area contributed by atoms with Crippen molar-refractivity contribution in [1.82, 2.24) is 24.9 Å². The maximum absolute atomic E-state index is 4.71. The van der Waals surface area contributed by atoms with Gasteiger partial charge in [0.25, 0.3) is 0 Å². The molecule has 0 unspecified atom stereocenters. The molecule has 1 fully saturated rings. The lowest BCUT2D eigenvalue weighted by Crippen LogP contribution is -2.47. The van der Waals surface area contributed by atoms with Crippen molar-refractivity contribution in [3.63, 3.8) is 0 Å². The molecule has 7 nitrogen and oxygen atoms in total. The summed E-state index contributed by atoms with van der Waals surface area (Å²) < 4.78 is 0. The van der Waals surface area contributed by atoms with E-state index in [1.807, 2.05) is 49.8 Å². The van der Waals surface area contributed by atoms with Gasteiger partial charge in [0, 0.05) is 56.5 Å². The van der Waals surface area contributed by atoms with Crippen LogP contribution in [0.1, 0.15) is 5.82 Å². The van der Waals surface area contributed by atoms with Crippen molar-refractivity contribution in [2.24, 2.45) is 0 Å². The fourth-order valence-electron chi connectivity index (χ4n) is 2.93. The Kier molecular flexibility index (Phi) is 4.20. The first-order valence-electron chi connectivity index (χ1n) is 8.32. The molecule has 0 bridgehead atoms. The van der Waals surface area contributed by atoms with Crippen LogP contribution < -0.4 is 9.80 Å². The van der Waals surface area contributed by atoms with Crippen molar-refractivity contribution in [1.29, 1.82) is 0 Å². The molecule has 0 amide bonds. The van der Waals surface area contributed by atoms with Gasteiger partial charge in [0.1, 0.15) is 11.6 Å². The van der Waals surface area contributed by atoms with Crippen LogP contribution in [0.25, 0.3) is 11.3 Å². The number of pyridine rings is 1. The molecule has 1 aliphatic rings. The van der Waals surface area contributed by atoms with Crippen LogP contribution in [0.4, 0.5) is 11.8 Å². The summed E-state index contributed by atoms with van der Waals surface area (Å²) in [6.07, 6.45) is 7.20. The van der Waals surface area contributed by atoms with Crippen LogP contribution in [0.5, 0.6) is 0 Å². The first-order valence-corrected chi connectivity index (χ1v) is 8.32. The Hall–Kier alpha value is -3.09. The average Bonchev–Trinajstić information content (AvgIpc) is 2.69. The molecule has 3 aromatic heterocycles. The number of aromatic nitrogens is 5. The standard InChI is InChI=1S/C18H19N7/c1-14-20-8-5-17(22-14)24-9-11-25(12-10-24)18-21-7-4-16(23-18)15-3-2-6-19-13-15/h2-8,13H,9-12H2,1H3. The van der Waals surface area contributed by atoms with E-state index < -0.39 is 0 Å². The first kappa shape index (κ1) is 15.4. The highest BCUT2D eigenvalue weighted by molar-refractivity contribution is 5.58. The van der Waals surface area contributed by atoms with Crippen LogP contribution in [-0.4, -0.2) is 51.1 Å². The van der Waals surface area contributed by atoms with Crippen LogP contribution in [0, 0.1) is 6.92 Å². The van der Waals surface area contributed by atoms with Gasteiger partial charge in [-0.1, -0.05) is 0 Å². The van der Waals surface area contributed by atoms with E-state index in [-0.39, 0.29) is 0 Å². The Morgan fingerprint density at radius 3 is 2.40 bits per heavy atom. The Morgan fingerprint density at radius 2 is 1.64 bits per heavy atom. The zero-order valence-corrected chi connectivity index (χ0v) is 14.1. The number of hydrogen-bond donors (Lipinski definition) is 0. The Balaban J connectivity index is 1.48. The van der Waals surface area contributed by atoms with Crippen LogP contribution in [0.3, 0.4) is 0 Å². The summed E-state index contributed by atoms with van der Waals surface area (Å²) in [6.45, 7) is 5.41. The number of piperazine rings is 1. The van der Waals surface area contributed by atoms with E-state index in [0.29, 0.717) is 0 Å². The van der Waals surface area contributed by atoms with Gasteiger partial charge in [-0.15, -0.1) is 0 Å². The van der Waals surface area contributed by atoms with Gasteiger partial charge in [-0.2, -0.15) is 0 Å². The van der Waals surface area contributed by atoms with E-state index in [2.05, 4.69) is 29.7 Å². The number of nitrogens with zero attached hydrogens (tertiary/aromatic N) is 7. The lowest BCUT2D eigenvalue weighted by Gasteiger charge is -2.35. The first-order chi connectivity index (χ1) is 12.3. The van der Waals surface area contributed by atoms with Gasteiger partial charge in [0.2, 0.25) is 5.95 Å². The number of hydrogen-bond acceptors (Lipinski definition) is 7. The van der Waals surface area contributed by atoms with Crippen molar-refractivity contribution in [2.45, 2.75) is 6.92 Å². The van der Waals surface area contributed by atoms with E-state index in [4.69, 9.17) is 4.98 Å². The monoisotopic (exact) mass is 333 g/mol. The second-order valence-corrected chi connectivity index (χ2v) is 5.92. The van der Waals surface area contributed by atoms with Gasteiger partial charge >= 0.3 is 0 Å². The Labute approximate surface area is 146 Å². The minimum Gasteiger partial charge on any atom is -0.353 e. The molecule has 0 atom stereocenters. The van der Waals surface area contributed by atoms with Crippen molar-refractivity contribution in [3.8, 4) is 11.3 Å². The van der Waals surface area contributed by atoms with Gasteiger partial charge in [-0.05, 0) is 31.2 Å². The molecule has 4 heterocycles. The summed E-state index contributed by atoms with van der Waals surface area (Å²) in [6, 6.07) is 7.80. The zero-order chi connectivity index (χ0) is 17.1. The van der Waals surface area contributed by atoms with Gasteiger partial charge in [-0.3, -0.25) is 4.98 Å². The maximum Gasteiger partial charge on any atom is 0.225 e. The van der Waals surface area contributed by atoms with Crippen molar-refractivity contribution in [3.05, 3.63) is 54.9 Å². The normalized spacial score (nSPS) is 14.6. The lowest BCUT2D eigenvalue weighted by atomic mass is 10.2. The molecule has 0 saturated carbocycles. The topological polar surface area (TPSA) is 70.9 Å². The minimum atomic E-state index is 0.764. The molecular weight excluding hydrogens is 314 g/mol. The van der Waals surface area contributed by atoms with E-state index >= 15 is 0 Å². The fourth-order valence-corrected chi connectivity index (χ4v) is 2.93. The summed E-state index contributed by atoms with van der Waals surface area (Å²) in [5.74, 6) is 2.55. The summed E-state index contributed by atoms with van der Waals surface area (Å²) in [5, 5.41) is 0. The Morgan fingerprint density at radius 1 is 0.840 bits per heavy atom. The highest BCUT2D eigenvalue weighted by Crippen LogP contribution is 2.20. The van der Waals surface area contributed by atoms with Gasteiger partial charge in [0.15, 0.2) is 0 Å². The average molecular weight is 333 g/mol. The van der Waals surface area contributed by atoms with Gasteiger partial charge in [0.05, 0.1) is 5.69 Å². The molecular formula is C18H19N7. The second-order valence-electron chi connectivity index (χ2n) is 5.92. The molecule has 1 aliphatic heterocycles. The smallest absolute Gasteiger partial charge is 0.225 e. The van der Waals surface area contributed by atoms with Crippen LogP contribution in [0.15, 0.2) is 49.1 Å². The maximum atomic E-state index is 4.71. The molecule has 0 radical (unpaired) electrons. The number of aryl methyl sites for hydroxylation is 1. The SMILES string of the molecule is Cc1nccc(N2CCN(c3nccc(-c4cccnc4)n3)CC2)n1. The molecule has 1 saturated heterocycles. The molecule has 7 heteroatoms.